The number of hydrogen-bond donors (Lipinski definition) is 1. The van der Waals surface area contributed by atoms with Crippen molar-refractivity contribution in [1.82, 2.24) is 0 Å². The number of halogens is 3. The lowest BCUT2D eigenvalue weighted by atomic mass is 10.1. The fourth-order valence-electron chi connectivity index (χ4n) is 2.55. The number of alkyl halides is 3. The molecule has 4 nitrogen and oxygen atoms in total. The van der Waals surface area contributed by atoms with Gasteiger partial charge in [-0.2, -0.15) is 24.9 Å². The van der Waals surface area contributed by atoms with Crippen LogP contribution in [-0.4, -0.2) is 22.5 Å². The first-order valence-electron chi connectivity index (χ1n) is 6.48. The number of nitrogens with zero attached hydrogens (tertiary/aromatic N) is 1. The van der Waals surface area contributed by atoms with E-state index in [2.05, 4.69) is 5.32 Å². The quantitative estimate of drug-likeness (QED) is 0.663. The highest BCUT2D eigenvalue weighted by Gasteiger charge is 2.34. The second kappa shape index (κ2) is 6.13. The molecule has 1 aromatic rings. The maximum atomic E-state index is 12.6. The van der Waals surface area contributed by atoms with E-state index in [4.69, 9.17) is 0 Å². The molecule has 0 saturated heterocycles. The normalized spacial score (nSPS) is 22.3. The molecule has 0 radical (unpaired) electrons. The molecule has 1 aliphatic rings. The van der Waals surface area contributed by atoms with E-state index in [1.165, 1.54) is 0 Å². The van der Waals surface area contributed by atoms with Crippen LogP contribution in [0.5, 0.6) is 0 Å². The molecule has 0 spiro atoms. The Labute approximate surface area is 124 Å². The summed E-state index contributed by atoms with van der Waals surface area (Å²) in [5.74, 6) is 0. The van der Waals surface area contributed by atoms with Gasteiger partial charge in [-0.3, -0.25) is 10.1 Å². The number of nitro groups is 1. The van der Waals surface area contributed by atoms with Crippen molar-refractivity contribution < 1.29 is 18.1 Å². The zero-order valence-electron chi connectivity index (χ0n) is 11.3. The molecule has 2 atom stereocenters. The van der Waals surface area contributed by atoms with Gasteiger partial charge in [0.25, 0.3) is 5.69 Å². The van der Waals surface area contributed by atoms with Gasteiger partial charge in [0.2, 0.25) is 0 Å². The minimum Gasteiger partial charge on any atom is -0.376 e. The van der Waals surface area contributed by atoms with Gasteiger partial charge in [-0.25, -0.2) is 0 Å². The first kappa shape index (κ1) is 15.9. The van der Waals surface area contributed by atoms with E-state index in [1.54, 1.807) is 11.8 Å². The minimum atomic E-state index is -4.58. The van der Waals surface area contributed by atoms with Crippen LogP contribution in [0.1, 0.15) is 24.8 Å². The van der Waals surface area contributed by atoms with Crippen LogP contribution in [0, 0.1) is 10.1 Å². The first-order valence-corrected chi connectivity index (χ1v) is 7.76. The van der Waals surface area contributed by atoms with Gasteiger partial charge in [-0.1, -0.05) is 6.42 Å². The number of hydrogen-bond acceptors (Lipinski definition) is 4. The molecule has 2 unspecified atom stereocenters. The van der Waals surface area contributed by atoms with Crippen molar-refractivity contribution in [2.45, 2.75) is 36.7 Å². The minimum absolute atomic E-state index is 0.0513. The van der Waals surface area contributed by atoms with Crippen molar-refractivity contribution in [2.24, 2.45) is 0 Å². The molecule has 8 heteroatoms. The van der Waals surface area contributed by atoms with Crippen molar-refractivity contribution >= 4 is 23.1 Å². The largest absolute Gasteiger partial charge is 0.416 e. The third-order valence-electron chi connectivity index (χ3n) is 3.62. The molecule has 116 valence electrons. The van der Waals surface area contributed by atoms with Crippen LogP contribution in [-0.2, 0) is 6.18 Å². The van der Waals surface area contributed by atoms with Crippen molar-refractivity contribution in [2.75, 3.05) is 11.6 Å². The Bertz CT molecular complexity index is 537. The molecule has 0 amide bonds. The van der Waals surface area contributed by atoms with Gasteiger partial charge in [-0.15, -0.1) is 0 Å². The average molecular weight is 320 g/mol. The van der Waals surface area contributed by atoms with Gasteiger partial charge in [0, 0.05) is 17.4 Å². The van der Waals surface area contributed by atoms with Crippen LogP contribution in [0.15, 0.2) is 18.2 Å². The Morgan fingerprint density at radius 3 is 2.67 bits per heavy atom. The SMILES string of the molecule is CSC1CCCC1Nc1ccc(C(F)(F)F)cc1[N+](=O)[O-]. The third kappa shape index (κ3) is 3.61. The van der Waals surface area contributed by atoms with Crippen LogP contribution < -0.4 is 5.32 Å². The van der Waals surface area contributed by atoms with Crippen molar-refractivity contribution in [3.63, 3.8) is 0 Å². The molecule has 0 bridgehead atoms. The van der Waals surface area contributed by atoms with Crippen molar-refractivity contribution in [1.29, 1.82) is 0 Å². The van der Waals surface area contributed by atoms with Gasteiger partial charge in [0.15, 0.2) is 0 Å². The molecule has 1 aromatic carbocycles. The van der Waals surface area contributed by atoms with Crippen LogP contribution in [0.2, 0.25) is 0 Å². The van der Waals surface area contributed by atoms with E-state index >= 15 is 0 Å². The van der Waals surface area contributed by atoms with Crippen LogP contribution in [0.4, 0.5) is 24.5 Å². The zero-order chi connectivity index (χ0) is 15.6. The molecule has 0 aliphatic heterocycles. The maximum absolute atomic E-state index is 12.6. The van der Waals surface area contributed by atoms with Crippen molar-refractivity contribution in [3.8, 4) is 0 Å². The predicted molar refractivity (Wildman–Crippen MR) is 76.7 cm³/mol. The number of anilines is 1. The van der Waals surface area contributed by atoms with Gasteiger partial charge in [0.1, 0.15) is 5.69 Å². The van der Waals surface area contributed by atoms with E-state index in [9.17, 15) is 23.3 Å². The molecule has 2 rings (SSSR count). The smallest absolute Gasteiger partial charge is 0.376 e. The fourth-order valence-corrected chi connectivity index (χ4v) is 3.49. The summed E-state index contributed by atoms with van der Waals surface area (Å²) in [5.41, 5.74) is -1.39. The standard InChI is InChI=1S/C13H15F3N2O2S/c1-21-12-4-2-3-10(12)17-9-6-5-8(13(14,15)16)7-11(9)18(19)20/h5-7,10,12,17H,2-4H2,1H3. The number of rotatable bonds is 4. The van der Waals surface area contributed by atoms with E-state index in [1.807, 2.05) is 6.26 Å². The highest BCUT2D eigenvalue weighted by molar-refractivity contribution is 7.99. The molecule has 1 N–H and O–H groups in total. The first-order chi connectivity index (χ1) is 9.82. The number of benzene rings is 1. The summed E-state index contributed by atoms with van der Waals surface area (Å²) in [5, 5.41) is 14.4. The zero-order valence-corrected chi connectivity index (χ0v) is 12.1. The van der Waals surface area contributed by atoms with E-state index in [0.717, 1.165) is 31.4 Å². The maximum Gasteiger partial charge on any atom is 0.416 e. The topological polar surface area (TPSA) is 55.2 Å². The van der Waals surface area contributed by atoms with Gasteiger partial charge in [0.05, 0.1) is 10.5 Å². The number of thioether (sulfide) groups is 1. The second-order valence-electron chi connectivity index (χ2n) is 4.94. The van der Waals surface area contributed by atoms with E-state index < -0.39 is 22.4 Å². The lowest BCUT2D eigenvalue weighted by molar-refractivity contribution is -0.384. The van der Waals surface area contributed by atoms with Crippen LogP contribution in [0.25, 0.3) is 0 Å². The molecule has 0 aromatic heterocycles. The molecule has 1 aliphatic carbocycles. The fraction of sp³-hybridized carbons (Fsp3) is 0.538. The predicted octanol–water partition coefficient (Wildman–Crippen LogP) is 4.31. The summed E-state index contributed by atoms with van der Waals surface area (Å²) >= 11 is 1.67. The van der Waals surface area contributed by atoms with E-state index in [-0.39, 0.29) is 11.7 Å². The summed E-state index contributed by atoms with van der Waals surface area (Å²) < 4.78 is 37.9. The Morgan fingerprint density at radius 2 is 2.10 bits per heavy atom. The highest BCUT2D eigenvalue weighted by atomic mass is 32.2. The van der Waals surface area contributed by atoms with Crippen molar-refractivity contribution in [3.05, 3.63) is 33.9 Å². The van der Waals surface area contributed by atoms with E-state index in [0.29, 0.717) is 11.3 Å². The number of nitrogens with one attached hydrogen (secondary N) is 1. The molecule has 0 heterocycles. The lowest BCUT2D eigenvalue weighted by Gasteiger charge is -2.20. The van der Waals surface area contributed by atoms with Gasteiger partial charge >= 0.3 is 6.18 Å². The summed E-state index contributed by atoms with van der Waals surface area (Å²) in [6.45, 7) is 0. The average Bonchev–Trinajstić information content (AvgIpc) is 2.84. The summed E-state index contributed by atoms with van der Waals surface area (Å²) in [7, 11) is 0. The molecule has 1 saturated carbocycles. The summed E-state index contributed by atoms with van der Waals surface area (Å²) in [6.07, 6.45) is 0.263. The molecule has 21 heavy (non-hydrogen) atoms. The van der Waals surface area contributed by atoms with Crippen LogP contribution >= 0.6 is 11.8 Å². The summed E-state index contributed by atoms with van der Waals surface area (Å²) in [4.78, 5) is 10.2. The second-order valence-corrected chi connectivity index (χ2v) is 6.02. The third-order valence-corrected chi connectivity index (χ3v) is 4.79. The highest BCUT2D eigenvalue weighted by Crippen LogP contribution is 2.37. The van der Waals surface area contributed by atoms with Gasteiger partial charge < -0.3 is 5.32 Å². The molecular weight excluding hydrogens is 305 g/mol. The molecular formula is C13H15F3N2O2S. The summed E-state index contributed by atoms with van der Waals surface area (Å²) in [6, 6.07) is 2.66. The molecule has 1 fully saturated rings. The lowest BCUT2D eigenvalue weighted by Crippen LogP contribution is -2.26. The Balaban J connectivity index is 2.29. The van der Waals surface area contributed by atoms with Gasteiger partial charge in [-0.05, 0) is 31.2 Å². The van der Waals surface area contributed by atoms with Crippen LogP contribution in [0.3, 0.4) is 0 Å². The Kier molecular flexibility index (Phi) is 4.65. The Hall–Kier alpha value is -1.44. The monoisotopic (exact) mass is 320 g/mol. The number of nitro benzene ring substituents is 1. The Morgan fingerprint density at radius 1 is 1.38 bits per heavy atom.